The maximum absolute atomic E-state index is 12.9. The lowest BCUT2D eigenvalue weighted by Gasteiger charge is -2.26. The van der Waals surface area contributed by atoms with Crippen molar-refractivity contribution < 1.29 is 9.50 Å². The zero-order valence-corrected chi connectivity index (χ0v) is 10.4. The van der Waals surface area contributed by atoms with Crippen molar-refractivity contribution in [3.63, 3.8) is 0 Å². The topological polar surface area (TPSA) is 32.3 Å². The number of aliphatic hydroxyl groups excluding tert-OH is 1. The second-order valence-electron chi connectivity index (χ2n) is 4.63. The second kappa shape index (κ2) is 5.80. The molecule has 0 bridgehead atoms. The van der Waals surface area contributed by atoms with Crippen molar-refractivity contribution in [2.75, 3.05) is 0 Å². The van der Waals surface area contributed by atoms with E-state index in [-0.39, 0.29) is 11.9 Å². The van der Waals surface area contributed by atoms with Gasteiger partial charge in [0, 0.05) is 17.6 Å². The molecule has 0 radical (unpaired) electrons. The van der Waals surface area contributed by atoms with Gasteiger partial charge >= 0.3 is 0 Å². The molecule has 2 N–H and O–H groups in total. The Morgan fingerprint density at radius 2 is 2.24 bits per heavy atom. The fraction of sp³-hybridized carbons (Fsp3) is 0.538. The highest BCUT2D eigenvalue weighted by atomic mass is 35.5. The van der Waals surface area contributed by atoms with Crippen molar-refractivity contribution in [1.82, 2.24) is 5.32 Å². The highest BCUT2D eigenvalue weighted by Crippen LogP contribution is 2.21. The van der Waals surface area contributed by atoms with Gasteiger partial charge in [0.05, 0.1) is 6.10 Å². The number of benzene rings is 1. The van der Waals surface area contributed by atoms with Crippen molar-refractivity contribution in [3.8, 4) is 0 Å². The largest absolute Gasteiger partial charge is 0.393 e. The fourth-order valence-electron chi connectivity index (χ4n) is 2.27. The van der Waals surface area contributed by atoms with Gasteiger partial charge in [0.15, 0.2) is 0 Å². The molecule has 0 amide bonds. The van der Waals surface area contributed by atoms with E-state index in [1.807, 2.05) is 0 Å². The van der Waals surface area contributed by atoms with Crippen LogP contribution in [0.15, 0.2) is 18.2 Å². The van der Waals surface area contributed by atoms with Crippen LogP contribution in [-0.4, -0.2) is 17.3 Å². The molecule has 1 fully saturated rings. The molecule has 2 atom stereocenters. The van der Waals surface area contributed by atoms with E-state index in [2.05, 4.69) is 5.32 Å². The molecule has 2 rings (SSSR count). The van der Waals surface area contributed by atoms with E-state index < -0.39 is 0 Å². The maximum Gasteiger partial charge on any atom is 0.124 e. The predicted molar refractivity (Wildman–Crippen MR) is 66.5 cm³/mol. The number of nitrogens with one attached hydrogen (secondary N) is 1. The lowest BCUT2D eigenvalue weighted by Crippen LogP contribution is -2.35. The summed E-state index contributed by atoms with van der Waals surface area (Å²) in [7, 11) is 0. The quantitative estimate of drug-likeness (QED) is 0.873. The summed E-state index contributed by atoms with van der Waals surface area (Å²) >= 11 is 5.95. The van der Waals surface area contributed by atoms with Crippen LogP contribution >= 0.6 is 11.6 Å². The van der Waals surface area contributed by atoms with E-state index in [0.717, 1.165) is 31.2 Å². The summed E-state index contributed by atoms with van der Waals surface area (Å²) in [5.74, 6) is -0.313. The highest BCUT2D eigenvalue weighted by molar-refractivity contribution is 6.31. The predicted octanol–water partition coefficient (Wildman–Crippen LogP) is 2.87. The Balaban J connectivity index is 1.88. The standard InChI is InChI=1S/C13H17ClFNO/c14-13-6-10(15)5-4-9(13)8-16-11-2-1-3-12(17)7-11/h4-6,11-12,16-17H,1-3,7-8H2/t11-,12+/m0/s1. The Hall–Kier alpha value is -0.640. The minimum Gasteiger partial charge on any atom is -0.393 e. The molecular formula is C13H17ClFNO. The first-order valence-corrected chi connectivity index (χ1v) is 6.38. The molecule has 1 saturated carbocycles. The number of rotatable bonds is 3. The van der Waals surface area contributed by atoms with Gasteiger partial charge in [-0.2, -0.15) is 0 Å². The number of hydrogen-bond donors (Lipinski definition) is 2. The van der Waals surface area contributed by atoms with Gasteiger partial charge in [-0.15, -0.1) is 0 Å². The Morgan fingerprint density at radius 1 is 1.41 bits per heavy atom. The van der Waals surface area contributed by atoms with Crippen molar-refractivity contribution in [2.45, 2.75) is 44.4 Å². The molecule has 0 aliphatic heterocycles. The van der Waals surface area contributed by atoms with E-state index in [4.69, 9.17) is 11.6 Å². The third kappa shape index (κ3) is 3.66. The normalized spacial score (nSPS) is 24.9. The molecule has 0 aromatic heterocycles. The minimum atomic E-state index is -0.313. The van der Waals surface area contributed by atoms with Crippen molar-refractivity contribution in [3.05, 3.63) is 34.6 Å². The number of aliphatic hydroxyl groups is 1. The van der Waals surface area contributed by atoms with Crippen LogP contribution in [0.3, 0.4) is 0 Å². The van der Waals surface area contributed by atoms with Gasteiger partial charge in [-0.3, -0.25) is 0 Å². The Labute approximate surface area is 106 Å². The third-order valence-corrected chi connectivity index (χ3v) is 3.59. The van der Waals surface area contributed by atoms with Gasteiger partial charge in [0.25, 0.3) is 0 Å². The van der Waals surface area contributed by atoms with Crippen molar-refractivity contribution in [2.24, 2.45) is 0 Å². The molecule has 0 heterocycles. The Bertz CT molecular complexity index is 386. The van der Waals surface area contributed by atoms with E-state index in [9.17, 15) is 9.50 Å². The first-order valence-electron chi connectivity index (χ1n) is 6.00. The van der Waals surface area contributed by atoms with E-state index in [0.29, 0.717) is 17.6 Å². The van der Waals surface area contributed by atoms with Crippen molar-refractivity contribution >= 4 is 11.6 Å². The van der Waals surface area contributed by atoms with Gasteiger partial charge < -0.3 is 10.4 Å². The summed E-state index contributed by atoms with van der Waals surface area (Å²) in [6.45, 7) is 0.622. The molecule has 1 aromatic carbocycles. The summed E-state index contributed by atoms with van der Waals surface area (Å²) < 4.78 is 12.9. The molecule has 2 nitrogen and oxygen atoms in total. The molecule has 4 heteroatoms. The molecule has 1 aliphatic carbocycles. The van der Waals surface area contributed by atoms with Crippen LogP contribution in [0.1, 0.15) is 31.2 Å². The summed E-state index contributed by atoms with van der Waals surface area (Å²) in [6, 6.07) is 4.77. The van der Waals surface area contributed by atoms with Crippen LogP contribution < -0.4 is 5.32 Å². The first-order chi connectivity index (χ1) is 8.15. The fourth-order valence-corrected chi connectivity index (χ4v) is 2.50. The maximum atomic E-state index is 12.9. The summed E-state index contributed by atoms with van der Waals surface area (Å²) in [5.41, 5.74) is 0.896. The molecule has 94 valence electrons. The molecular weight excluding hydrogens is 241 g/mol. The zero-order valence-electron chi connectivity index (χ0n) is 9.63. The van der Waals surface area contributed by atoms with E-state index >= 15 is 0 Å². The molecule has 0 saturated heterocycles. The average molecular weight is 258 g/mol. The monoisotopic (exact) mass is 257 g/mol. The first kappa shape index (κ1) is 12.8. The highest BCUT2D eigenvalue weighted by Gasteiger charge is 2.19. The van der Waals surface area contributed by atoms with Crippen LogP contribution in [0.5, 0.6) is 0 Å². The Kier molecular flexibility index (Phi) is 4.37. The summed E-state index contributed by atoms with van der Waals surface area (Å²) in [4.78, 5) is 0. The van der Waals surface area contributed by atoms with E-state index in [1.165, 1.54) is 12.1 Å². The second-order valence-corrected chi connectivity index (χ2v) is 5.04. The van der Waals surface area contributed by atoms with Crippen LogP contribution in [0.2, 0.25) is 5.02 Å². The zero-order chi connectivity index (χ0) is 12.3. The lowest BCUT2D eigenvalue weighted by molar-refractivity contribution is 0.111. The summed E-state index contributed by atoms with van der Waals surface area (Å²) in [6.07, 6.45) is 3.63. The molecule has 1 aliphatic rings. The number of halogens is 2. The van der Waals surface area contributed by atoms with Gasteiger partial charge in [0.2, 0.25) is 0 Å². The van der Waals surface area contributed by atoms with Crippen LogP contribution in [0, 0.1) is 5.82 Å². The average Bonchev–Trinajstić information content (AvgIpc) is 2.28. The van der Waals surface area contributed by atoms with Gasteiger partial charge in [-0.05, 0) is 43.4 Å². The van der Waals surface area contributed by atoms with Gasteiger partial charge in [-0.1, -0.05) is 17.7 Å². The van der Waals surface area contributed by atoms with E-state index in [1.54, 1.807) is 6.07 Å². The molecule has 0 unspecified atom stereocenters. The SMILES string of the molecule is O[C@@H]1CCC[C@H](NCc2ccc(F)cc2Cl)C1. The summed E-state index contributed by atoms with van der Waals surface area (Å²) in [5, 5.41) is 13.4. The van der Waals surface area contributed by atoms with Crippen molar-refractivity contribution in [1.29, 1.82) is 0 Å². The van der Waals surface area contributed by atoms with Crippen LogP contribution in [0.4, 0.5) is 4.39 Å². The Morgan fingerprint density at radius 3 is 2.94 bits per heavy atom. The smallest absolute Gasteiger partial charge is 0.124 e. The lowest BCUT2D eigenvalue weighted by atomic mass is 9.93. The van der Waals surface area contributed by atoms with Crippen LogP contribution in [-0.2, 0) is 6.54 Å². The molecule has 17 heavy (non-hydrogen) atoms. The van der Waals surface area contributed by atoms with Crippen LogP contribution in [0.25, 0.3) is 0 Å². The van der Waals surface area contributed by atoms with Gasteiger partial charge in [-0.25, -0.2) is 4.39 Å². The van der Waals surface area contributed by atoms with Gasteiger partial charge in [0.1, 0.15) is 5.82 Å². The third-order valence-electron chi connectivity index (χ3n) is 3.24. The number of hydrogen-bond acceptors (Lipinski definition) is 2. The molecule has 1 aromatic rings. The minimum absolute atomic E-state index is 0.190. The molecule has 0 spiro atoms.